The van der Waals surface area contributed by atoms with Gasteiger partial charge in [0, 0.05) is 6.54 Å². The molecule has 0 aliphatic rings. The van der Waals surface area contributed by atoms with Gasteiger partial charge in [-0.1, -0.05) is 42.2 Å². The van der Waals surface area contributed by atoms with Crippen LogP contribution < -0.4 is 10.0 Å². The van der Waals surface area contributed by atoms with Crippen molar-refractivity contribution < 1.29 is 13.2 Å². The number of hydrogen-bond donors (Lipinski definition) is 3. The zero-order chi connectivity index (χ0) is 20.4. The standard InChI is InChI=1S/C18H17N5O3S3/c1-2-19-29(25,26)11-7-8-14-15(9-11)28-18(22-14)23-16(24)10-27-17-20-12-5-3-4-6-13(12)21-17/h3-9,19H,2,10H2,1H3,(H,20,21)(H,22,23,24). The lowest BCUT2D eigenvalue weighted by atomic mass is 10.3. The smallest absolute Gasteiger partial charge is 0.240 e. The third-order valence-electron chi connectivity index (χ3n) is 3.96. The van der Waals surface area contributed by atoms with Crippen molar-refractivity contribution >= 4 is 65.4 Å². The van der Waals surface area contributed by atoms with Crippen molar-refractivity contribution in [1.82, 2.24) is 19.7 Å². The number of aromatic amines is 1. The summed E-state index contributed by atoms with van der Waals surface area (Å²) < 4.78 is 27.4. The second-order valence-corrected chi connectivity index (χ2v) is 9.81. The number of amides is 1. The van der Waals surface area contributed by atoms with Gasteiger partial charge in [0.15, 0.2) is 10.3 Å². The predicted molar refractivity (Wildman–Crippen MR) is 116 cm³/mol. The summed E-state index contributed by atoms with van der Waals surface area (Å²) in [7, 11) is -3.54. The molecule has 0 radical (unpaired) electrons. The molecule has 2 heterocycles. The van der Waals surface area contributed by atoms with Crippen LogP contribution in [0.4, 0.5) is 5.13 Å². The number of carbonyl (C=O) groups is 1. The molecule has 2 aromatic carbocycles. The van der Waals surface area contributed by atoms with E-state index in [1.54, 1.807) is 19.1 Å². The number of fused-ring (bicyclic) bond motifs is 2. The largest absolute Gasteiger partial charge is 0.333 e. The summed E-state index contributed by atoms with van der Waals surface area (Å²) in [5.41, 5.74) is 2.40. The highest BCUT2D eigenvalue weighted by Gasteiger charge is 2.15. The molecule has 29 heavy (non-hydrogen) atoms. The quantitative estimate of drug-likeness (QED) is 0.375. The summed E-state index contributed by atoms with van der Waals surface area (Å²) in [6, 6.07) is 12.4. The summed E-state index contributed by atoms with van der Waals surface area (Å²) >= 11 is 2.53. The summed E-state index contributed by atoms with van der Waals surface area (Å²) in [6.07, 6.45) is 0. The highest BCUT2D eigenvalue weighted by Crippen LogP contribution is 2.28. The molecule has 3 N–H and O–H groups in total. The minimum absolute atomic E-state index is 0.175. The van der Waals surface area contributed by atoms with E-state index >= 15 is 0 Å². The summed E-state index contributed by atoms with van der Waals surface area (Å²) in [6.45, 7) is 2.03. The molecule has 4 rings (SSSR count). The van der Waals surface area contributed by atoms with Gasteiger partial charge in [-0.2, -0.15) is 0 Å². The minimum Gasteiger partial charge on any atom is -0.333 e. The Hall–Kier alpha value is -2.47. The van der Waals surface area contributed by atoms with E-state index < -0.39 is 10.0 Å². The summed E-state index contributed by atoms with van der Waals surface area (Å²) in [4.78, 5) is 24.4. The van der Waals surface area contributed by atoms with E-state index in [-0.39, 0.29) is 16.6 Å². The predicted octanol–water partition coefficient (Wildman–Crippen LogP) is 3.20. The maximum absolute atomic E-state index is 12.3. The molecule has 0 bridgehead atoms. The van der Waals surface area contributed by atoms with E-state index in [0.29, 0.717) is 27.0 Å². The topological polar surface area (TPSA) is 117 Å². The molecule has 0 spiro atoms. The van der Waals surface area contributed by atoms with Gasteiger partial charge in [0.2, 0.25) is 15.9 Å². The van der Waals surface area contributed by atoms with Crippen LogP contribution in [0, 0.1) is 0 Å². The number of thiazole rings is 1. The first-order chi connectivity index (χ1) is 13.9. The van der Waals surface area contributed by atoms with E-state index in [2.05, 4.69) is 25.0 Å². The van der Waals surface area contributed by atoms with Crippen molar-refractivity contribution in [2.75, 3.05) is 17.6 Å². The SMILES string of the molecule is CCNS(=O)(=O)c1ccc2nc(NC(=O)CSc3nc4ccccc4[nH]3)sc2c1. The third kappa shape index (κ3) is 4.42. The van der Waals surface area contributed by atoms with Gasteiger partial charge in [-0.3, -0.25) is 4.79 Å². The Morgan fingerprint density at radius 1 is 1.17 bits per heavy atom. The lowest BCUT2D eigenvalue weighted by molar-refractivity contribution is -0.113. The molecule has 8 nitrogen and oxygen atoms in total. The molecule has 0 unspecified atom stereocenters. The Balaban J connectivity index is 1.43. The molecule has 0 saturated carbocycles. The van der Waals surface area contributed by atoms with E-state index in [9.17, 15) is 13.2 Å². The van der Waals surface area contributed by atoms with Crippen LogP contribution in [0.1, 0.15) is 6.92 Å². The number of anilines is 1. The number of aromatic nitrogens is 3. The van der Waals surface area contributed by atoms with Crippen LogP contribution in [-0.4, -0.2) is 41.6 Å². The molecule has 0 atom stereocenters. The highest BCUT2D eigenvalue weighted by molar-refractivity contribution is 7.99. The van der Waals surface area contributed by atoms with Gasteiger partial charge >= 0.3 is 0 Å². The molecule has 11 heteroatoms. The first-order valence-corrected chi connectivity index (χ1v) is 12.0. The van der Waals surface area contributed by atoms with Crippen LogP contribution >= 0.6 is 23.1 Å². The average molecular weight is 448 g/mol. The zero-order valence-electron chi connectivity index (χ0n) is 15.3. The first kappa shape index (κ1) is 19.8. The zero-order valence-corrected chi connectivity index (χ0v) is 17.7. The first-order valence-electron chi connectivity index (χ1n) is 8.72. The Morgan fingerprint density at radius 3 is 2.79 bits per heavy atom. The van der Waals surface area contributed by atoms with Gasteiger partial charge in [-0.15, -0.1) is 0 Å². The van der Waals surface area contributed by atoms with Crippen molar-refractivity contribution in [2.24, 2.45) is 0 Å². The number of nitrogens with zero attached hydrogens (tertiary/aromatic N) is 2. The molecule has 1 amide bonds. The maximum atomic E-state index is 12.3. The van der Waals surface area contributed by atoms with Gasteiger partial charge in [0.1, 0.15) is 0 Å². The van der Waals surface area contributed by atoms with Crippen LogP contribution in [0.3, 0.4) is 0 Å². The van der Waals surface area contributed by atoms with Crippen LogP contribution in [0.2, 0.25) is 0 Å². The number of imidazole rings is 1. The van der Waals surface area contributed by atoms with Crippen LogP contribution in [0.5, 0.6) is 0 Å². The number of H-pyrrole nitrogens is 1. The van der Waals surface area contributed by atoms with E-state index in [1.165, 1.54) is 29.2 Å². The van der Waals surface area contributed by atoms with E-state index in [0.717, 1.165) is 11.0 Å². The normalized spacial score (nSPS) is 11.9. The fraction of sp³-hybridized carbons (Fsp3) is 0.167. The average Bonchev–Trinajstić information content (AvgIpc) is 3.28. The lowest BCUT2D eigenvalue weighted by Gasteiger charge is -2.03. The molecule has 4 aromatic rings. The van der Waals surface area contributed by atoms with Crippen molar-refractivity contribution in [3.05, 3.63) is 42.5 Å². The fourth-order valence-electron chi connectivity index (χ4n) is 2.69. The van der Waals surface area contributed by atoms with Crippen LogP contribution in [0.15, 0.2) is 52.5 Å². The molecule has 0 saturated heterocycles. The number of para-hydroxylation sites is 2. The second-order valence-electron chi connectivity index (χ2n) is 6.05. The molecule has 0 aliphatic carbocycles. The summed E-state index contributed by atoms with van der Waals surface area (Å²) in [5.74, 6) is -0.0366. The summed E-state index contributed by atoms with van der Waals surface area (Å²) in [5, 5.41) is 3.85. The van der Waals surface area contributed by atoms with Gasteiger partial charge in [0.05, 0.1) is 31.9 Å². The Bertz CT molecular complexity index is 1260. The van der Waals surface area contributed by atoms with Gasteiger partial charge in [0.25, 0.3) is 0 Å². The van der Waals surface area contributed by atoms with Crippen molar-refractivity contribution in [2.45, 2.75) is 17.0 Å². The number of nitrogens with one attached hydrogen (secondary N) is 3. The number of thioether (sulfide) groups is 1. The van der Waals surface area contributed by atoms with Gasteiger partial charge in [-0.25, -0.2) is 23.1 Å². The van der Waals surface area contributed by atoms with Crippen molar-refractivity contribution in [3.8, 4) is 0 Å². The molecule has 0 fully saturated rings. The number of sulfonamides is 1. The monoisotopic (exact) mass is 447 g/mol. The fourth-order valence-corrected chi connectivity index (χ4v) is 5.43. The molecule has 2 aromatic heterocycles. The number of hydrogen-bond acceptors (Lipinski definition) is 7. The van der Waals surface area contributed by atoms with Gasteiger partial charge in [-0.05, 0) is 30.3 Å². The Labute approximate surface area is 175 Å². The van der Waals surface area contributed by atoms with Crippen molar-refractivity contribution in [3.63, 3.8) is 0 Å². The number of benzene rings is 2. The minimum atomic E-state index is -3.54. The Morgan fingerprint density at radius 2 is 2.00 bits per heavy atom. The van der Waals surface area contributed by atoms with Crippen LogP contribution in [0.25, 0.3) is 21.3 Å². The third-order valence-corrected chi connectivity index (χ3v) is 7.31. The number of rotatable bonds is 7. The van der Waals surface area contributed by atoms with Crippen LogP contribution in [-0.2, 0) is 14.8 Å². The highest BCUT2D eigenvalue weighted by atomic mass is 32.2. The lowest BCUT2D eigenvalue weighted by Crippen LogP contribution is -2.22. The maximum Gasteiger partial charge on any atom is 0.240 e. The molecular formula is C18H17N5O3S3. The van der Waals surface area contributed by atoms with E-state index in [4.69, 9.17) is 0 Å². The van der Waals surface area contributed by atoms with E-state index in [1.807, 2.05) is 24.3 Å². The molecular weight excluding hydrogens is 430 g/mol. The molecule has 150 valence electrons. The van der Waals surface area contributed by atoms with Crippen molar-refractivity contribution in [1.29, 1.82) is 0 Å². The van der Waals surface area contributed by atoms with Gasteiger partial charge < -0.3 is 10.3 Å². The Kier molecular flexibility index (Phi) is 5.54. The number of carbonyl (C=O) groups excluding carboxylic acids is 1. The second kappa shape index (κ2) is 8.11. The molecule has 0 aliphatic heterocycles.